The number of benzene rings is 2. The average Bonchev–Trinajstić information content (AvgIpc) is 3.40. The van der Waals surface area contributed by atoms with Gasteiger partial charge in [0.05, 0.1) is 18.1 Å². The predicted octanol–water partition coefficient (Wildman–Crippen LogP) is 7.45. The summed E-state index contributed by atoms with van der Waals surface area (Å²) in [5, 5.41) is 0.182. The second kappa shape index (κ2) is 9.64. The van der Waals surface area contributed by atoms with E-state index in [1.165, 1.54) is 5.57 Å². The number of ether oxygens (including phenoxy) is 4. The molecule has 0 aromatic heterocycles. The first-order valence-corrected chi connectivity index (χ1v) is 14.2. The Bertz CT molecular complexity index is 1280. The first-order chi connectivity index (χ1) is 18.0. The van der Waals surface area contributed by atoms with Gasteiger partial charge in [0, 0.05) is 40.0 Å². The highest BCUT2D eigenvalue weighted by Gasteiger charge is 2.60. The lowest BCUT2D eigenvalue weighted by Crippen LogP contribution is -2.38. The van der Waals surface area contributed by atoms with Crippen molar-refractivity contribution in [2.75, 3.05) is 13.2 Å². The molecule has 3 aliphatic heterocycles. The second-order valence-electron chi connectivity index (χ2n) is 10.0. The first-order valence-electron chi connectivity index (χ1n) is 13.3. The van der Waals surface area contributed by atoms with Gasteiger partial charge in [0.15, 0.2) is 5.60 Å². The number of allylic oxidation sites excluding steroid dienone is 3. The summed E-state index contributed by atoms with van der Waals surface area (Å²) in [4.78, 5) is 14.1. The smallest absolute Gasteiger partial charge is 0.346 e. The maximum Gasteiger partial charge on any atom is 0.346 e. The quantitative estimate of drug-likeness (QED) is 0.268. The molecule has 0 amide bonds. The highest BCUT2D eigenvalue weighted by Crippen LogP contribution is 2.64. The molecule has 2 aromatic carbocycles. The van der Waals surface area contributed by atoms with E-state index in [0.29, 0.717) is 24.7 Å². The Morgan fingerprint density at radius 1 is 0.946 bits per heavy atom. The Hall–Kier alpha value is -3.12. The maximum atomic E-state index is 13.4. The number of thioether (sulfide) groups is 1. The number of esters is 1. The minimum Gasteiger partial charge on any atom is -0.493 e. The summed E-state index contributed by atoms with van der Waals surface area (Å²) in [5.41, 5.74) is 2.83. The van der Waals surface area contributed by atoms with E-state index in [9.17, 15) is 4.79 Å². The summed E-state index contributed by atoms with van der Waals surface area (Å²) in [6, 6.07) is 11.8. The Balaban J connectivity index is 1.49. The third-order valence-corrected chi connectivity index (χ3v) is 8.75. The van der Waals surface area contributed by atoms with Crippen molar-refractivity contribution >= 4 is 17.7 Å². The normalized spacial score (nSPS) is 22.0. The van der Waals surface area contributed by atoms with E-state index >= 15 is 0 Å². The number of hydrogen-bond donors (Lipinski definition) is 0. The zero-order chi connectivity index (χ0) is 25.6. The summed E-state index contributed by atoms with van der Waals surface area (Å²) in [6.45, 7) is 7.68. The van der Waals surface area contributed by atoms with E-state index in [4.69, 9.17) is 18.9 Å². The Labute approximate surface area is 222 Å². The number of fused-ring (bicyclic) bond motifs is 7. The molecule has 5 nitrogen and oxygen atoms in total. The van der Waals surface area contributed by atoms with Gasteiger partial charge in [-0.1, -0.05) is 50.5 Å². The first kappa shape index (κ1) is 24.2. The summed E-state index contributed by atoms with van der Waals surface area (Å²) in [5.74, 6) is 2.59. The molecule has 1 spiro atoms. The van der Waals surface area contributed by atoms with Crippen LogP contribution in [0.1, 0.15) is 57.6 Å². The van der Waals surface area contributed by atoms with Crippen LogP contribution in [-0.2, 0) is 15.1 Å². The molecule has 6 rings (SSSR count). The fourth-order valence-corrected chi connectivity index (χ4v) is 6.91. The van der Waals surface area contributed by atoms with Crippen LogP contribution in [0, 0.1) is 5.92 Å². The van der Waals surface area contributed by atoms with Gasteiger partial charge in [-0.25, -0.2) is 4.79 Å². The lowest BCUT2D eigenvalue weighted by molar-refractivity contribution is -0.144. The molecule has 2 unspecified atom stereocenters. The molecule has 192 valence electrons. The molecule has 4 aliphatic rings. The van der Waals surface area contributed by atoms with Gasteiger partial charge in [-0.15, -0.1) is 11.8 Å². The average molecular weight is 517 g/mol. The van der Waals surface area contributed by atoms with Crippen molar-refractivity contribution < 1.29 is 23.7 Å². The van der Waals surface area contributed by atoms with Crippen molar-refractivity contribution in [2.45, 2.75) is 57.3 Å². The summed E-state index contributed by atoms with van der Waals surface area (Å²) < 4.78 is 24.9. The van der Waals surface area contributed by atoms with E-state index < -0.39 is 5.60 Å². The van der Waals surface area contributed by atoms with Crippen LogP contribution in [-0.4, -0.2) is 24.4 Å². The molecular weight excluding hydrogens is 484 g/mol. The van der Waals surface area contributed by atoms with Crippen LogP contribution in [0.5, 0.6) is 23.0 Å². The largest absolute Gasteiger partial charge is 0.493 e. The van der Waals surface area contributed by atoms with Gasteiger partial charge in [0.25, 0.3) is 0 Å². The number of carbonyl (C=O) groups excluding carboxylic acids is 1. The van der Waals surface area contributed by atoms with Gasteiger partial charge < -0.3 is 18.9 Å². The molecule has 0 saturated carbocycles. The third-order valence-electron chi connectivity index (χ3n) is 7.41. The number of hydrogen-bond acceptors (Lipinski definition) is 6. The summed E-state index contributed by atoms with van der Waals surface area (Å²) >= 11 is 1.61. The van der Waals surface area contributed by atoms with Gasteiger partial charge >= 0.3 is 5.97 Å². The van der Waals surface area contributed by atoms with E-state index in [2.05, 4.69) is 39.0 Å². The topological polar surface area (TPSA) is 54.0 Å². The monoisotopic (exact) mass is 516 g/mol. The fraction of sp³-hybridized carbons (Fsp3) is 0.387. The van der Waals surface area contributed by atoms with Crippen molar-refractivity contribution in [1.82, 2.24) is 0 Å². The fourth-order valence-electron chi connectivity index (χ4n) is 5.57. The molecule has 0 N–H and O–H groups in total. The van der Waals surface area contributed by atoms with E-state index in [-0.39, 0.29) is 17.1 Å². The molecule has 3 heterocycles. The SMILES string of the molecule is CCCCOc1ccc2c(c1)Oc1cc(OCCCC)ccc1C21OC(=O)C2=C1C1C=C(C)C=CC1S2. The molecule has 0 bridgehead atoms. The van der Waals surface area contributed by atoms with Crippen molar-refractivity contribution in [3.8, 4) is 23.0 Å². The lowest BCUT2D eigenvalue weighted by Gasteiger charge is -2.40. The molecule has 6 heteroatoms. The van der Waals surface area contributed by atoms with Crippen molar-refractivity contribution in [3.05, 3.63) is 81.8 Å². The molecular formula is C31H32O5S. The van der Waals surface area contributed by atoms with Crippen LogP contribution in [0.3, 0.4) is 0 Å². The van der Waals surface area contributed by atoms with Crippen LogP contribution in [0.15, 0.2) is 70.7 Å². The van der Waals surface area contributed by atoms with E-state index in [1.54, 1.807) is 11.8 Å². The zero-order valence-electron chi connectivity index (χ0n) is 21.5. The molecule has 2 atom stereocenters. The minimum atomic E-state index is -1.05. The van der Waals surface area contributed by atoms with Gasteiger partial charge in [-0.3, -0.25) is 0 Å². The van der Waals surface area contributed by atoms with Crippen LogP contribution in [0.2, 0.25) is 0 Å². The number of unbranched alkanes of at least 4 members (excludes halogenated alkanes) is 2. The standard InChI is InChI=1S/C31H32O5S/c1-4-6-14-33-20-9-11-23-25(17-20)35-26-18-21(34-15-7-5-2)10-12-24(26)31(23)28-22-16-19(3)8-13-27(22)37-29(28)30(32)36-31/h8-13,16-18,22,27H,4-7,14-15H2,1-3H3. The van der Waals surface area contributed by atoms with Crippen molar-refractivity contribution in [1.29, 1.82) is 0 Å². The van der Waals surface area contributed by atoms with Crippen molar-refractivity contribution in [3.63, 3.8) is 0 Å². The van der Waals surface area contributed by atoms with Gasteiger partial charge in [0.2, 0.25) is 0 Å². The highest BCUT2D eigenvalue weighted by atomic mass is 32.2. The summed E-state index contributed by atoms with van der Waals surface area (Å²) in [7, 11) is 0. The second-order valence-corrected chi connectivity index (χ2v) is 11.2. The lowest BCUT2D eigenvalue weighted by atomic mass is 9.72. The minimum absolute atomic E-state index is 0.0659. The third kappa shape index (κ3) is 3.97. The van der Waals surface area contributed by atoms with Crippen molar-refractivity contribution in [2.24, 2.45) is 5.92 Å². The summed E-state index contributed by atoms with van der Waals surface area (Å²) in [6.07, 6.45) is 10.7. The van der Waals surface area contributed by atoms with Gasteiger partial charge in [-0.2, -0.15) is 0 Å². The predicted molar refractivity (Wildman–Crippen MR) is 145 cm³/mol. The van der Waals surface area contributed by atoms with Gasteiger partial charge in [-0.05, 0) is 44.0 Å². The Kier molecular flexibility index (Phi) is 6.31. The molecule has 0 radical (unpaired) electrons. The molecule has 37 heavy (non-hydrogen) atoms. The maximum absolute atomic E-state index is 13.4. The molecule has 1 aliphatic carbocycles. The zero-order valence-corrected chi connectivity index (χ0v) is 22.4. The highest BCUT2D eigenvalue weighted by molar-refractivity contribution is 8.05. The molecule has 0 saturated heterocycles. The van der Waals surface area contributed by atoms with E-state index in [1.807, 2.05) is 36.4 Å². The van der Waals surface area contributed by atoms with Crippen LogP contribution < -0.4 is 14.2 Å². The number of carbonyl (C=O) groups is 1. The Morgan fingerprint density at radius 2 is 1.57 bits per heavy atom. The van der Waals surface area contributed by atoms with Crippen LogP contribution >= 0.6 is 11.8 Å². The Morgan fingerprint density at radius 3 is 2.16 bits per heavy atom. The van der Waals surface area contributed by atoms with Crippen LogP contribution in [0.25, 0.3) is 0 Å². The molecule has 0 fully saturated rings. The molecule has 2 aromatic rings. The van der Waals surface area contributed by atoms with Gasteiger partial charge in [0.1, 0.15) is 23.0 Å². The van der Waals surface area contributed by atoms with Crippen LogP contribution in [0.4, 0.5) is 0 Å². The van der Waals surface area contributed by atoms with E-state index in [0.717, 1.165) is 58.8 Å². The number of rotatable bonds is 8.